The van der Waals surface area contributed by atoms with Gasteiger partial charge in [-0.15, -0.1) is 0 Å². The first-order valence-corrected chi connectivity index (χ1v) is 12.7. The van der Waals surface area contributed by atoms with Crippen molar-refractivity contribution in [1.82, 2.24) is 0 Å². The van der Waals surface area contributed by atoms with E-state index in [0.717, 1.165) is 16.1 Å². The van der Waals surface area contributed by atoms with Crippen LogP contribution in [0.1, 0.15) is 79.0 Å². The molecule has 0 heterocycles. The highest BCUT2D eigenvalue weighted by molar-refractivity contribution is 6.31. The van der Waals surface area contributed by atoms with Crippen molar-refractivity contribution in [3.63, 3.8) is 0 Å². The molecular weight excluding hydrogens is 497 g/mol. The van der Waals surface area contributed by atoms with Crippen molar-refractivity contribution >= 4 is 23.2 Å². The van der Waals surface area contributed by atoms with Crippen molar-refractivity contribution in [2.75, 3.05) is 7.11 Å². The van der Waals surface area contributed by atoms with Crippen molar-refractivity contribution in [3.8, 4) is 5.75 Å². The Morgan fingerprint density at radius 3 is 1.42 bits per heavy atom. The average Bonchev–Trinajstić information content (AvgIpc) is 2.75. The van der Waals surface area contributed by atoms with Crippen LogP contribution in [0, 0.1) is 11.6 Å². The molecule has 0 aliphatic rings. The topological polar surface area (TPSA) is 9.23 Å². The molecule has 0 aliphatic heterocycles. The van der Waals surface area contributed by atoms with Crippen LogP contribution in [0.2, 0.25) is 10.0 Å². The number of hydrogen-bond donors (Lipinski definition) is 0. The van der Waals surface area contributed by atoms with Gasteiger partial charge in [-0.1, -0.05) is 110 Å². The van der Waals surface area contributed by atoms with Gasteiger partial charge in [0.05, 0.1) is 12.1 Å². The van der Waals surface area contributed by atoms with Crippen LogP contribution in [0.25, 0.3) is 0 Å². The summed E-state index contributed by atoms with van der Waals surface area (Å²) in [5, 5.41) is 1.01. The summed E-state index contributed by atoms with van der Waals surface area (Å²) >= 11 is 11.5. The molecule has 36 heavy (non-hydrogen) atoms. The van der Waals surface area contributed by atoms with Crippen LogP contribution in [-0.4, -0.2) is 7.11 Å². The second kappa shape index (κ2) is 12.9. The van der Waals surface area contributed by atoms with Gasteiger partial charge in [-0.05, 0) is 69.3 Å². The zero-order valence-electron chi connectivity index (χ0n) is 23.2. The molecule has 0 unspecified atom stereocenters. The fourth-order valence-corrected chi connectivity index (χ4v) is 3.41. The predicted molar refractivity (Wildman–Crippen MR) is 152 cm³/mol. The van der Waals surface area contributed by atoms with Gasteiger partial charge in [0, 0.05) is 5.02 Å². The minimum absolute atomic E-state index is 0.0251. The molecule has 3 rings (SSSR count). The molecule has 3 aromatic rings. The summed E-state index contributed by atoms with van der Waals surface area (Å²) in [5.41, 5.74) is 3.66. The first-order chi connectivity index (χ1) is 16.4. The van der Waals surface area contributed by atoms with Gasteiger partial charge in [0.1, 0.15) is 5.82 Å². The third-order valence-electron chi connectivity index (χ3n) is 5.49. The molecule has 5 heteroatoms. The summed E-state index contributed by atoms with van der Waals surface area (Å²) in [6, 6.07) is 17.8. The highest BCUT2D eigenvalue weighted by Gasteiger charge is 2.16. The van der Waals surface area contributed by atoms with Gasteiger partial charge < -0.3 is 4.74 Å². The van der Waals surface area contributed by atoms with Gasteiger partial charge in [-0.3, -0.25) is 0 Å². The van der Waals surface area contributed by atoms with Crippen molar-refractivity contribution in [1.29, 1.82) is 0 Å². The molecule has 0 atom stereocenters. The molecule has 0 aliphatic carbocycles. The summed E-state index contributed by atoms with van der Waals surface area (Å²) in [6.45, 7) is 19.0. The predicted octanol–water partition coefficient (Wildman–Crippen LogP) is 10.5. The van der Waals surface area contributed by atoms with Crippen molar-refractivity contribution in [3.05, 3.63) is 99.0 Å². The monoisotopic (exact) mass is 536 g/mol. The standard InChI is InChI=1S/C11H15FO.C10H12ClF.C10H13Cl/c1-11(2,3)8-5-6-9(12)10(7-8)13-4;1-10(2,3)7-4-5-9(12)8(11)6-7;1-10(2,3)8-5-4-6-9(11)7-8/h5-7H,1-4H3;4-6H,1-3H3;4-7H,1-3H3. The molecule has 0 bridgehead atoms. The molecule has 0 N–H and O–H groups in total. The lowest BCUT2D eigenvalue weighted by Crippen LogP contribution is -2.11. The molecule has 0 fully saturated rings. The van der Waals surface area contributed by atoms with Gasteiger partial charge >= 0.3 is 0 Å². The Kier molecular flexibility index (Phi) is 11.5. The zero-order chi connectivity index (χ0) is 27.9. The van der Waals surface area contributed by atoms with E-state index >= 15 is 0 Å². The van der Waals surface area contributed by atoms with Crippen LogP contribution in [-0.2, 0) is 16.2 Å². The lowest BCUT2D eigenvalue weighted by Gasteiger charge is -2.19. The molecule has 1 nitrogen and oxygen atoms in total. The van der Waals surface area contributed by atoms with Gasteiger partial charge in [-0.2, -0.15) is 0 Å². The van der Waals surface area contributed by atoms with Crippen LogP contribution in [0.5, 0.6) is 5.75 Å². The number of rotatable bonds is 1. The molecule has 0 amide bonds. The summed E-state index contributed by atoms with van der Waals surface area (Å²) in [4.78, 5) is 0. The average molecular weight is 538 g/mol. The maximum Gasteiger partial charge on any atom is 0.165 e. The molecule has 0 radical (unpaired) electrons. The number of hydrogen-bond acceptors (Lipinski definition) is 1. The van der Waals surface area contributed by atoms with E-state index in [1.807, 2.05) is 18.2 Å². The Labute approximate surface area is 226 Å². The lowest BCUT2D eigenvalue weighted by atomic mass is 9.87. The first kappa shape index (κ1) is 31.9. The van der Waals surface area contributed by atoms with Crippen LogP contribution in [0.4, 0.5) is 8.78 Å². The summed E-state index contributed by atoms with van der Waals surface area (Å²) in [5.74, 6) is -0.354. The van der Waals surface area contributed by atoms with Gasteiger partial charge in [0.2, 0.25) is 0 Å². The quantitative estimate of drug-likeness (QED) is 0.300. The second-order valence-electron chi connectivity index (χ2n) is 11.7. The van der Waals surface area contributed by atoms with Crippen LogP contribution < -0.4 is 4.74 Å². The van der Waals surface area contributed by atoms with E-state index in [1.165, 1.54) is 24.8 Å². The Morgan fingerprint density at radius 2 is 1.03 bits per heavy atom. The largest absolute Gasteiger partial charge is 0.494 e. The second-order valence-corrected chi connectivity index (χ2v) is 12.6. The molecule has 0 saturated carbocycles. The Morgan fingerprint density at radius 1 is 0.583 bits per heavy atom. The van der Waals surface area contributed by atoms with Crippen molar-refractivity contribution < 1.29 is 13.5 Å². The normalized spacial score (nSPS) is 11.6. The Bertz CT molecular complexity index is 1120. The molecule has 0 saturated heterocycles. The zero-order valence-corrected chi connectivity index (χ0v) is 24.7. The van der Waals surface area contributed by atoms with E-state index in [4.69, 9.17) is 27.9 Å². The number of halogens is 4. The summed E-state index contributed by atoms with van der Waals surface area (Å²) in [6.07, 6.45) is 0. The third-order valence-corrected chi connectivity index (χ3v) is 6.02. The SMILES string of the molecule is CC(C)(C)c1ccc(F)c(Cl)c1.CC(C)(C)c1cccc(Cl)c1.COc1cc(C(C)(C)C)ccc1F. The van der Waals surface area contributed by atoms with Gasteiger partial charge in [-0.25, -0.2) is 8.78 Å². The Hall–Kier alpha value is -2.10. The van der Waals surface area contributed by atoms with Gasteiger partial charge in [0.25, 0.3) is 0 Å². The van der Waals surface area contributed by atoms with Crippen molar-refractivity contribution in [2.45, 2.75) is 78.6 Å². The third kappa shape index (κ3) is 10.5. The summed E-state index contributed by atoms with van der Waals surface area (Å²) < 4.78 is 30.7. The number of ether oxygens (including phenoxy) is 1. The first-order valence-electron chi connectivity index (χ1n) is 11.9. The van der Waals surface area contributed by atoms with Crippen molar-refractivity contribution in [2.24, 2.45) is 0 Å². The molecule has 198 valence electrons. The highest BCUT2D eigenvalue weighted by atomic mass is 35.5. The highest BCUT2D eigenvalue weighted by Crippen LogP contribution is 2.28. The summed E-state index contributed by atoms with van der Waals surface area (Å²) in [7, 11) is 1.48. The van der Waals surface area contributed by atoms with E-state index < -0.39 is 0 Å². The van der Waals surface area contributed by atoms with Gasteiger partial charge in [0.15, 0.2) is 11.6 Å². The van der Waals surface area contributed by atoms with E-state index in [1.54, 1.807) is 24.3 Å². The maximum atomic E-state index is 13.0. The fraction of sp³-hybridized carbons (Fsp3) is 0.419. The lowest BCUT2D eigenvalue weighted by molar-refractivity contribution is 0.384. The van der Waals surface area contributed by atoms with E-state index in [9.17, 15) is 8.78 Å². The Balaban J connectivity index is 0.000000271. The van der Waals surface area contributed by atoms with E-state index in [-0.39, 0.29) is 32.9 Å². The number of benzene rings is 3. The van der Waals surface area contributed by atoms with E-state index in [2.05, 4.69) is 68.4 Å². The van der Waals surface area contributed by atoms with Crippen LogP contribution >= 0.6 is 23.2 Å². The fourth-order valence-electron chi connectivity index (χ4n) is 3.04. The van der Waals surface area contributed by atoms with E-state index in [0.29, 0.717) is 5.75 Å². The smallest absolute Gasteiger partial charge is 0.165 e. The molecule has 3 aromatic carbocycles. The molecular formula is C31H40Cl2F2O. The molecule has 0 aromatic heterocycles. The van der Waals surface area contributed by atoms with Crippen LogP contribution in [0.3, 0.4) is 0 Å². The maximum absolute atomic E-state index is 13.0. The minimum Gasteiger partial charge on any atom is -0.494 e. The van der Waals surface area contributed by atoms with Crippen LogP contribution in [0.15, 0.2) is 60.7 Å². The minimum atomic E-state index is -0.357. The number of methoxy groups -OCH3 is 1. The molecule has 0 spiro atoms.